The average molecular weight is 442 g/mol. The standard InChI is InChI=1S/C24H22N6O3/c1-14-22-19(15-7-9-17(32-2)10-8-15)12-21(31)27-23(22)30(29-14)24-26-20(13-25-28-24)16-5-4-6-18(11-16)33-3/h4-11,13,19H,12H2,1-3H3,(H,27,31)/t19-/m1/s1. The third kappa shape index (κ3) is 3.78. The molecule has 4 aromatic rings. The lowest BCUT2D eigenvalue weighted by Gasteiger charge is -2.24. The van der Waals surface area contributed by atoms with Gasteiger partial charge in [-0.3, -0.25) is 4.79 Å². The number of methoxy groups -OCH3 is 2. The Morgan fingerprint density at radius 3 is 2.61 bits per heavy atom. The van der Waals surface area contributed by atoms with Crippen LogP contribution in [-0.4, -0.2) is 45.1 Å². The van der Waals surface area contributed by atoms with Crippen LogP contribution in [-0.2, 0) is 4.79 Å². The van der Waals surface area contributed by atoms with E-state index in [2.05, 4.69) is 25.6 Å². The number of hydrogen-bond acceptors (Lipinski definition) is 7. The fraction of sp³-hybridized carbons (Fsp3) is 0.208. The second kappa shape index (κ2) is 8.34. The molecule has 1 aliphatic rings. The SMILES string of the molecule is COc1ccc([C@H]2CC(=O)Nc3c2c(C)nn3-c2nncc(-c3cccc(OC)c3)n2)cc1. The van der Waals surface area contributed by atoms with E-state index in [1.807, 2.05) is 55.5 Å². The van der Waals surface area contributed by atoms with E-state index in [-0.39, 0.29) is 17.8 Å². The predicted molar refractivity (Wildman–Crippen MR) is 122 cm³/mol. The molecule has 3 heterocycles. The highest BCUT2D eigenvalue weighted by Crippen LogP contribution is 2.40. The summed E-state index contributed by atoms with van der Waals surface area (Å²) in [6.45, 7) is 1.92. The molecule has 0 aliphatic carbocycles. The number of benzene rings is 2. The minimum atomic E-state index is -0.136. The summed E-state index contributed by atoms with van der Waals surface area (Å²) in [5, 5.41) is 15.9. The quantitative estimate of drug-likeness (QED) is 0.504. The lowest BCUT2D eigenvalue weighted by molar-refractivity contribution is -0.116. The van der Waals surface area contributed by atoms with Crippen molar-refractivity contribution in [3.05, 3.63) is 71.5 Å². The molecule has 1 N–H and O–H groups in total. The van der Waals surface area contributed by atoms with Gasteiger partial charge in [0, 0.05) is 23.5 Å². The number of anilines is 1. The Balaban J connectivity index is 1.58. The van der Waals surface area contributed by atoms with Crippen molar-refractivity contribution in [2.75, 3.05) is 19.5 Å². The van der Waals surface area contributed by atoms with Gasteiger partial charge in [0.15, 0.2) is 0 Å². The zero-order chi connectivity index (χ0) is 22.9. The number of fused-ring (bicyclic) bond motifs is 1. The molecule has 166 valence electrons. The smallest absolute Gasteiger partial charge is 0.272 e. The number of aryl methyl sites for hydroxylation is 1. The van der Waals surface area contributed by atoms with Gasteiger partial charge in [0.2, 0.25) is 5.91 Å². The Hall–Kier alpha value is -4.27. The molecule has 0 saturated heterocycles. The number of rotatable bonds is 5. The first-order valence-corrected chi connectivity index (χ1v) is 10.4. The van der Waals surface area contributed by atoms with Gasteiger partial charge < -0.3 is 14.8 Å². The first-order chi connectivity index (χ1) is 16.1. The molecule has 0 radical (unpaired) electrons. The lowest BCUT2D eigenvalue weighted by Crippen LogP contribution is -2.25. The summed E-state index contributed by atoms with van der Waals surface area (Å²) in [7, 11) is 3.24. The highest BCUT2D eigenvalue weighted by Gasteiger charge is 2.33. The fourth-order valence-corrected chi connectivity index (χ4v) is 4.12. The van der Waals surface area contributed by atoms with Crippen LogP contribution in [0.2, 0.25) is 0 Å². The van der Waals surface area contributed by atoms with Crippen LogP contribution in [0.4, 0.5) is 5.82 Å². The van der Waals surface area contributed by atoms with Crippen molar-refractivity contribution in [2.24, 2.45) is 0 Å². The topological polar surface area (TPSA) is 104 Å². The number of carbonyl (C=O) groups excluding carboxylic acids is 1. The second-order valence-electron chi connectivity index (χ2n) is 7.71. The summed E-state index contributed by atoms with van der Waals surface area (Å²) < 4.78 is 12.1. The highest BCUT2D eigenvalue weighted by atomic mass is 16.5. The summed E-state index contributed by atoms with van der Waals surface area (Å²) in [6, 6.07) is 15.3. The van der Waals surface area contributed by atoms with E-state index < -0.39 is 0 Å². The van der Waals surface area contributed by atoms with Crippen LogP contribution in [0.25, 0.3) is 17.2 Å². The first-order valence-electron chi connectivity index (χ1n) is 10.4. The molecule has 1 aliphatic heterocycles. The summed E-state index contributed by atoms with van der Waals surface area (Å²) in [6.07, 6.45) is 1.91. The molecule has 33 heavy (non-hydrogen) atoms. The minimum Gasteiger partial charge on any atom is -0.497 e. The van der Waals surface area contributed by atoms with Crippen molar-refractivity contribution in [1.29, 1.82) is 0 Å². The van der Waals surface area contributed by atoms with Gasteiger partial charge in [-0.1, -0.05) is 24.3 Å². The van der Waals surface area contributed by atoms with Crippen molar-refractivity contribution in [3.63, 3.8) is 0 Å². The third-order valence-electron chi connectivity index (χ3n) is 5.72. The predicted octanol–water partition coefficient (Wildman–Crippen LogP) is 3.52. The van der Waals surface area contributed by atoms with Crippen molar-refractivity contribution in [2.45, 2.75) is 19.3 Å². The zero-order valence-corrected chi connectivity index (χ0v) is 18.4. The van der Waals surface area contributed by atoms with E-state index >= 15 is 0 Å². The lowest BCUT2D eigenvalue weighted by atomic mass is 9.86. The molecule has 9 nitrogen and oxygen atoms in total. The Kier molecular flexibility index (Phi) is 5.21. The largest absolute Gasteiger partial charge is 0.497 e. The number of nitrogens with one attached hydrogen (secondary N) is 1. The molecule has 2 aromatic carbocycles. The Labute approximate surface area is 190 Å². The van der Waals surface area contributed by atoms with Gasteiger partial charge in [0.05, 0.1) is 31.8 Å². The van der Waals surface area contributed by atoms with Gasteiger partial charge in [0.1, 0.15) is 17.3 Å². The van der Waals surface area contributed by atoms with E-state index in [1.165, 1.54) is 0 Å². The van der Waals surface area contributed by atoms with Gasteiger partial charge in [-0.05, 0) is 36.8 Å². The summed E-state index contributed by atoms with van der Waals surface area (Å²) in [5.41, 5.74) is 4.20. The molecule has 9 heteroatoms. The molecule has 0 bridgehead atoms. The van der Waals surface area contributed by atoms with Crippen LogP contribution in [0.3, 0.4) is 0 Å². The van der Waals surface area contributed by atoms with Crippen molar-refractivity contribution in [1.82, 2.24) is 25.0 Å². The van der Waals surface area contributed by atoms with Crippen molar-refractivity contribution < 1.29 is 14.3 Å². The number of amides is 1. The maximum Gasteiger partial charge on any atom is 0.272 e. The zero-order valence-electron chi connectivity index (χ0n) is 18.4. The van der Waals surface area contributed by atoms with Crippen LogP contribution in [0.5, 0.6) is 11.5 Å². The van der Waals surface area contributed by atoms with Gasteiger partial charge in [0.25, 0.3) is 5.95 Å². The first kappa shape index (κ1) is 20.6. The Morgan fingerprint density at radius 1 is 1.06 bits per heavy atom. The van der Waals surface area contributed by atoms with Crippen LogP contribution < -0.4 is 14.8 Å². The normalized spacial score (nSPS) is 15.0. The molecule has 5 rings (SSSR count). The van der Waals surface area contributed by atoms with E-state index in [0.717, 1.165) is 33.9 Å². The molecule has 2 aromatic heterocycles. The van der Waals surface area contributed by atoms with Crippen LogP contribution >= 0.6 is 0 Å². The van der Waals surface area contributed by atoms with Crippen LogP contribution in [0, 0.1) is 6.92 Å². The Morgan fingerprint density at radius 2 is 1.85 bits per heavy atom. The van der Waals surface area contributed by atoms with E-state index in [1.54, 1.807) is 25.1 Å². The second-order valence-corrected chi connectivity index (χ2v) is 7.71. The number of nitrogens with zero attached hydrogens (tertiary/aromatic N) is 5. The van der Waals surface area contributed by atoms with Crippen LogP contribution in [0.15, 0.2) is 54.7 Å². The molecule has 1 atom stereocenters. The van der Waals surface area contributed by atoms with E-state index in [4.69, 9.17) is 9.47 Å². The van der Waals surface area contributed by atoms with Gasteiger partial charge >= 0.3 is 0 Å². The summed E-state index contributed by atoms with van der Waals surface area (Å²) >= 11 is 0. The number of hydrogen-bond donors (Lipinski definition) is 1. The number of aromatic nitrogens is 5. The van der Waals surface area contributed by atoms with Gasteiger partial charge in [-0.2, -0.15) is 14.9 Å². The van der Waals surface area contributed by atoms with E-state index in [0.29, 0.717) is 17.9 Å². The number of ether oxygens (including phenoxy) is 2. The van der Waals surface area contributed by atoms with E-state index in [9.17, 15) is 4.79 Å². The molecule has 0 fully saturated rings. The summed E-state index contributed by atoms with van der Waals surface area (Å²) in [5.74, 6) is 2.09. The molecule has 0 unspecified atom stereocenters. The highest BCUT2D eigenvalue weighted by molar-refractivity contribution is 5.95. The molecule has 1 amide bonds. The van der Waals surface area contributed by atoms with Crippen molar-refractivity contribution >= 4 is 11.7 Å². The maximum atomic E-state index is 12.6. The molecule has 0 saturated carbocycles. The van der Waals surface area contributed by atoms with Crippen molar-refractivity contribution in [3.8, 4) is 28.7 Å². The molecular weight excluding hydrogens is 420 g/mol. The maximum absolute atomic E-state index is 12.6. The molecule has 0 spiro atoms. The summed E-state index contributed by atoms with van der Waals surface area (Å²) in [4.78, 5) is 17.3. The minimum absolute atomic E-state index is 0.0959. The fourth-order valence-electron chi connectivity index (χ4n) is 4.12. The third-order valence-corrected chi connectivity index (χ3v) is 5.72. The molecular formula is C24H22N6O3. The monoisotopic (exact) mass is 442 g/mol. The van der Waals surface area contributed by atoms with Gasteiger partial charge in [-0.25, -0.2) is 4.98 Å². The average Bonchev–Trinajstić information content (AvgIpc) is 3.19. The van der Waals surface area contributed by atoms with Gasteiger partial charge in [-0.15, -0.1) is 5.10 Å². The van der Waals surface area contributed by atoms with Crippen LogP contribution in [0.1, 0.15) is 29.2 Å². The Bertz CT molecular complexity index is 1330. The number of carbonyl (C=O) groups is 1.